The molecule has 4 rings (SSSR count). The number of nitrogens with one attached hydrogen (secondary N) is 1. The van der Waals surface area contributed by atoms with Gasteiger partial charge in [0.05, 0.1) is 5.69 Å². The third-order valence-corrected chi connectivity index (χ3v) is 5.45. The average molecular weight is 461 g/mol. The molecule has 6 heteroatoms. The molecule has 5 nitrogen and oxygen atoms in total. The van der Waals surface area contributed by atoms with E-state index < -0.39 is 0 Å². The summed E-state index contributed by atoms with van der Waals surface area (Å²) in [6, 6.07) is 21.6. The highest BCUT2D eigenvalue weighted by Crippen LogP contribution is 2.24. The van der Waals surface area contributed by atoms with Crippen LogP contribution in [0, 0.1) is 20.8 Å². The van der Waals surface area contributed by atoms with Crippen LogP contribution < -0.4 is 5.32 Å². The number of carbonyl (C=O) groups excluding carboxylic acids is 1. The van der Waals surface area contributed by atoms with E-state index in [9.17, 15) is 4.79 Å². The predicted molar refractivity (Wildman–Crippen MR) is 123 cm³/mol. The Morgan fingerprint density at radius 2 is 1.70 bits per heavy atom. The first kappa shape index (κ1) is 20.0. The first-order chi connectivity index (χ1) is 14.4. The van der Waals surface area contributed by atoms with Gasteiger partial charge < -0.3 is 5.32 Å². The van der Waals surface area contributed by atoms with Crippen LogP contribution >= 0.6 is 15.9 Å². The van der Waals surface area contributed by atoms with Crippen LogP contribution in [0.25, 0.3) is 17.1 Å². The molecule has 0 atom stereocenters. The van der Waals surface area contributed by atoms with Crippen molar-refractivity contribution in [3.05, 3.63) is 93.7 Å². The van der Waals surface area contributed by atoms with E-state index >= 15 is 0 Å². The average Bonchev–Trinajstić information content (AvgIpc) is 3.17. The van der Waals surface area contributed by atoms with Crippen molar-refractivity contribution in [2.24, 2.45) is 0 Å². The van der Waals surface area contributed by atoms with E-state index in [1.807, 2.05) is 87.5 Å². The molecule has 1 heterocycles. The molecule has 150 valence electrons. The molecule has 0 radical (unpaired) electrons. The fourth-order valence-corrected chi connectivity index (χ4v) is 3.40. The van der Waals surface area contributed by atoms with Gasteiger partial charge in [0.25, 0.3) is 5.91 Å². The molecule has 0 aliphatic rings. The molecule has 0 saturated heterocycles. The van der Waals surface area contributed by atoms with Crippen molar-refractivity contribution < 1.29 is 4.79 Å². The number of carbonyl (C=O) groups is 1. The second kappa shape index (κ2) is 8.24. The number of hydrogen-bond donors (Lipinski definition) is 1. The van der Waals surface area contributed by atoms with Gasteiger partial charge >= 0.3 is 0 Å². The largest absolute Gasteiger partial charge is 0.319 e. The number of anilines is 1. The Labute approximate surface area is 183 Å². The zero-order valence-electron chi connectivity index (χ0n) is 17.0. The van der Waals surface area contributed by atoms with Gasteiger partial charge in [-0.2, -0.15) is 0 Å². The van der Waals surface area contributed by atoms with Gasteiger partial charge in [-0.15, -0.1) is 5.10 Å². The van der Waals surface area contributed by atoms with E-state index in [0.29, 0.717) is 5.82 Å². The smallest absolute Gasteiger partial charge is 0.295 e. The van der Waals surface area contributed by atoms with Crippen LogP contribution in [0.2, 0.25) is 0 Å². The van der Waals surface area contributed by atoms with E-state index in [2.05, 4.69) is 31.3 Å². The summed E-state index contributed by atoms with van der Waals surface area (Å²) in [5.74, 6) is 0.383. The summed E-state index contributed by atoms with van der Waals surface area (Å²) >= 11 is 3.46. The maximum Gasteiger partial charge on any atom is 0.295 e. The number of benzene rings is 3. The van der Waals surface area contributed by atoms with Gasteiger partial charge in [0.2, 0.25) is 5.82 Å². The standard InChI is InChI=1S/C24H21BrN4O/c1-15-5-4-6-21(13-15)29-23(18-8-10-19(25)11-9-18)27-22(28-29)24(30)26-20-12-7-16(2)17(3)14-20/h4-14H,1-3H3,(H,26,30). The Kier molecular flexibility index (Phi) is 5.50. The Balaban J connectivity index is 1.75. The SMILES string of the molecule is Cc1cccc(-n2nc(C(=O)Nc3ccc(C)c(C)c3)nc2-c2ccc(Br)cc2)c1. The minimum Gasteiger partial charge on any atom is -0.319 e. The van der Waals surface area contributed by atoms with Crippen LogP contribution in [0.15, 0.2) is 71.2 Å². The van der Waals surface area contributed by atoms with E-state index in [1.54, 1.807) is 4.68 Å². The number of aryl methyl sites for hydroxylation is 3. The van der Waals surface area contributed by atoms with Gasteiger partial charge in [-0.3, -0.25) is 4.79 Å². The summed E-state index contributed by atoms with van der Waals surface area (Å²) in [5, 5.41) is 7.44. The van der Waals surface area contributed by atoms with Crippen molar-refractivity contribution in [3.8, 4) is 17.1 Å². The molecule has 30 heavy (non-hydrogen) atoms. The first-order valence-corrected chi connectivity index (χ1v) is 10.4. The van der Waals surface area contributed by atoms with Crippen LogP contribution in [-0.4, -0.2) is 20.7 Å². The molecular weight excluding hydrogens is 440 g/mol. The molecule has 3 aromatic carbocycles. The highest BCUT2D eigenvalue weighted by atomic mass is 79.9. The summed E-state index contributed by atoms with van der Waals surface area (Å²) in [4.78, 5) is 17.5. The molecule has 0 unspecified atom stereocenters. The van der Waals surface area contributed by atoms with Gasteiger partial charge in [0.15, 0.2) is 5.82 Å². The van der Waals surface area contributed by atoms with Crippen molar-refractivity contribution in [1.82, 2.24) is 14.8 Å². The molecule has 0 aliphatic carbocycles. The first-order valence-electron chi connectivity index (χ1n) is 9.59. The third-order valence-electron chi connectivity index (χ3n) is 4.92. The van der Waals surface area contributed by atoms with Crippen molar-refractivity contribution in [1.29, 1.82) is 0 Å². The van der Waals surface area contributed by atoms with Crippen molar-refractivity contribution in [3.63, 3.8) is 0 Å². The van der Waals surface area contributed by atoms with E-state index in [4.69, 9.17) is 0 Å². The Hall–Kier alpha value is -3.25. The lowest BCUT2D eigenvalue weighted by atomic mass is 10.1. The number of nitrogens with zero attached hydrogens (tertiary/aromatic N) is 3. The fourth-order valence-electron chi connectivity index (χ4n) is 3.14. The van der Waals surface area contributed by atoms with Crippen LogP contribution in [-0.2, 0) is 0 Å². The molecule has 4 aromatic rings. The molecule has 0 saturated carbocycles. The van der Waals surface area contributed by atoms with Gasteiger partial charge in [-0.05, 0) is 73.9 Å². The minimum atomic E-state index is -0.344. The van der Waals surface area contributed by atoms with Gasteiger partial charge in [-0.25, -0.2) is 9.67 Å². The second-order valence-corrected chi connectivity index (χ2v) is 8.19. The summed E-state index contributed by atoms with van der Waals surface area (Å²) in [7, 11) is 0. The van der Waals surface area contributed by atoms with Crippen molar-refractivity contribution in [2.75, 3.05) is 5.32 Å². The lowest BCUT2D eigenvalue weighted by Crippen LogP contribution is -2.14. The lowest BCUT2D eigenvalue weighted by molar-refractivity contribution is 0.101. The van der Waals surface area contributed by atoms with Gasteiger partial charge in [0, 0.05) is 15.7 Å². The Bertz CT molecular complexity index is 1230. The van der Waals surface area contributed by atoms with Crippen molar-refractivity contribution in [2.45, 2.75) is 20.8 Å². The quantitative estimate of drug-likeness (QED) is 0.413. The highest BCUT2D eigenvalue weighted by molar-refractivity contribution is 9.10. The molecule has 1 N–H and O–H groups in total. The fraction of sp³-hybridized carbons (Fsp3) is 0.125. The summed E-state index contributed by atoms with van der Waals surface area (Å²) in [5.41, 5.74) is 5.84. The zero-order valence-corrected chi connectivity index (χ0v) is 18.6. The Morgan fingerprint density at radius 3 is 2.40 bits per heavy atom. The topological polar surface area (TPSA) is 59.8 Å². The monoisotopic (exact) mass is 460 g/mol. The molecule has 0 bridgehead atoms. The lowest BCUT2D eigenvalue weighted by Gasteiger charge is -2.07. The Morgan fingerprint density at radius 1 is 0.933 bits per heavy atom. The maximum absolute atomic E-state index is 12.9. The molecule has 0 spiro atoms. The third kappa shape index (κ3) is 4.19. The maximum atomic E-state index is 12.9. The van der Waals surface area contributed by atoms with Crippen LogP contribution in [0.1, 0.15) is 27.3 Å². The van der Waals surface area contributed by atoms with E-state index in [1.165, 1.54) is 5.56 Å². The van der Waals surface area contributed by atoms with Crippen molar-refractivity contribution >= 4 is 27.5 Å². The van der Waals surface area contributed by atoms with Crippen LogP contribution in [0.5, 0.6) is 0 Å². The molecule has 0 aliphatic heterocycles. The normalized spacial score (nSPS) is 10.8. The summed E-state index contributed by atoms with van der Waals surface area (Å²) in [6.45, 7) is 6.07. The number of aromatic nitrogens is 3. The molecular formula is C24H21BrN4O. The van der Waals surface area contributed by atoms with Crippen LogP contribution in [0.4, 0.5) is 5.69 Å². The minimum absolute atomic E-state index is 0.118. The molecule has 1 amide bonds. The molecule has 0 fully saturated rings. The predicted octanol–water partition coefficient (Wildman–Crippen LogP) is 5.87. The van der Waals surface area contributed by atoms with E-state index in [0.717, 1.165) is 32.5 Å². The molecule has 1 aromatic heterocycles. The number of rotatable bonds is 4. The number of halogens is 1. The number of amides is 1. The van der Waals surface area contributed by atoms with Gasteiger partial charge in [0.1, 0.15) is 0 Å². The number of hydrogen-bond acceptors (Lipinski definition) is 3. The van der Waals surface area contributed by atoms with Gasteiger partial charge in [-0.1, -0.05) is 46.3 Å². The van der Waals surface area contributed by atoms with E-state index in [-0.39, 0.29) is 11.7 Å². The zero-order chi connectivity index (χ0) is 21.3. The summed E-state index contributed by atoms with van der Waals surface area (Å²) in [6.07, 6.45) is 0. The highest BCUT2D eigenvalue weighted by Gasteiger charge is 2.19. The summed E-state index contributed by atoms with van der Waals surface area (Å²) < 4.78 is 2.69. The van der Waals surface area contributed by atoms with Crippen LogP contribution in [0.3, 0.4) is 0 Å². The second-order valence-electron chi connectivity index (χ2n) is 7.27.